The van der Waals surface area contributed by atoms with E-state index < -0.39 is 5.41 Å². The first-order chi connectivity index (χ1) is 23.8. The van der Waals surface area contributed by atoms with E-state index in [-0.39, 0.29) is 0 Å². The van der Waals surface area contributed by atoms with Crippen LogP contribution in [0, 0.1) is 0 Å². The molecule has 0 fully saturated rings. The van der Waals surface area contributed by atoms with Crippen LogP contribution in [0.5, 0.6) is 0 Å². The predicted molar refractivity (Wildman–Crippen MR) is 200 cm³/mol. The van der Waals surface area contributed by atoms with Gasteiger partial charge in [0.1, 0.15) is 0 Å². The van der Waals surface area contributed by atoms with Crippen molar-refractivity contribution in [2.24, 2.45) is 0 Å². The summed E-state index contributed by atoms with van der Waals surface area (Å²) in [5, 5.41) is 5.07. The van der Waals surface area contributed by atoms with E-state index in [9.17, 15) is 0 Å². The molecule has 2 aliphatic carbocycles. The molecule has 8 aromatic carbocycles. The summed E-state index contributed by atoms with van der Waals surface area (Å²) >= 11 is 0. The molecule has 9 aromatic rings. The standard InChI is InChI=1S/C47H29N/c1-2-12-30(13-3-1)33-23-25-37-39-29-46-40(38-18-8-11-21-45(38)48(46)34-24-22-31-14-4-5-15-32(31)26-34)28-44(39)47(43(37)27-33)41-19-9-6-16-35(41)36-17-7-10-20-42(36)47/h1-29H. The molecule has 1 nitrogen and oxygen atoms in total. The number of nitrogens with zero attached hydrogens (tertiary/aromatic N) is 1. The lowest BCUT2D eigenvalue weighted by atomic mass is 9.70. The molecule has 48 heavy (non-hydrogen) atoms. The van der Waals surface area contributed by atoms with Crippen molar-refractivity contribution in [1.82, 2.24) is 4.57 Å². The van der Waals surface area contributed by atoms with Gasteiger partial charge in [0, 0.05) is 16.5 Å². The maximum atomic E-state index is 2.53. The van der Waals surface area contributed by atoms with Gasteiger partial charge in [-0.15, -0.1) is 0 Å². The third kappa shape index (κ3) is 3.25. The number of para-hydroxylation sites is 1. The van der Waals surface area contributed by atoms with Gasteiger partial charge in [0.15, 0.2) is 0 Å². The second-order valence-corrected chi connectivity index (χ2v) is 13.3. The molecule has 0 saturated heterocycles. The molecular formula is C47H29N. The van der Waals surface area contributed by atoms with Crippen LogP contribution in [0.15, 0.2) is 176 Å². The Morgan fingerprint density at radius 3 is 1.79 bits per heavy atom. The SMILES string of the molecule is c1ccc(-c2ccc3c(c2)C2(c4ccccc4-c4ccccc42)c2cc4c5ccccc5n(-c5ccc6ccccc6c5)c4cc2-3)cc1. The lowest BCUT2D eigenvalue weighted by molar-refractivity contribution is 0.795. The molecule has 0 amide bonds. The highest BCUT2D eigenvalue weighted by Crippen LogP contribution is 2.63. The van der Waals surface area contributed by atoms with Gasteiger partial charge < -0.3 is 4.57 Å². The van der Waals surface area contributed by atoms with Crippen molar-refractivity contribution < 1.29 is 0 Å². The molecule has 1 spiro atoms. The zero-order valence-electron chi connectivity index (χ0n) is 26.2. The second kappa shape index (κ2) is 9.44. The molecule has 0 radical (unpaired) electrons. The first-order valence-electron chi connectivity index (χ1n) is 16.8. The molecule has 11 rings (SSSR count). The summed E-state index contributed by atoms with van der Waals surface area (Å²) in [5.41, 5.74) is 16.5. The smallest absolute Gasteiger partial charge is 0.0725 e. The zero-order valence-corrected chi connectivity index (χ0v) is 26.2. The van der Waals surface area contributed by atoms with E-state index in [1.807, 2.05) is 0 Å². The van der Waals surface area contributed by atoms with E-state index in [1.54, 1.807) is 0 Å². The molecule has 0 N–H and O–H groups in total. The summed E-state index contributed by atoms with van der Waals surface area (Å²) < 4.78 is 2.47. The van der Waals surface area contributed by atoms with Crippen LogP contribution in [0.4, 0.5) is 0 Å². The quantitative estimate of drug-likeness (QED) is 0.184. The number of aromatic nitrogens is 1. The molecule has 0 saturated carbocycles. The molecule has 2 aliphatic rings. The molecule has 0 bridgehead atoms. The van der Waals surface area contributed by atoms with E-state index >= 15 is 0 Å². The van der Waals surface area contributed by atoms with Crippen LogP contribution >= 0.6 is 0 Å². The largest absolute Gasteiger partial charge is 0.309 e. The summed E-state index contributed by atoms with van der Waals surface area (Å²) in [6.45, 7) is 0. The number of rotatable bonds is 2. The Labute approximate surface area is 279 Å². The van der Waals surface area contributed by atoms with Gasteiger partial charge in [0.05, 0.1) is 16.4 Å². The maximum Gasteiger partial charge on any atom is 0.0725 e. The average Bonchev–Trinajstić information content (AvgIpc) is 3.75. The van der Waals surface area contributed by atoms with Gasteiger partial charge in [0.25, 0.3) is 0 Å². The Kier molecular flexibility index (Phi) is 5.10. The van der Waals surface area contributed by atoms with Gasteiger partial charge in [0.2, 0.25) is 0 Å². The van der Waals surface area contributed by atoms with E-state index in [0.29, 0.717) is 0 Å². The van der Waals surface area contributed by atoms with Crippen molar-refractivity contribution in [3.63, 3.8) is 0 Å². The zero-order chi connectivity index (χ0) is 31.4. The normalized spacial score (nSPS) is 13.6. The Bertz CT molecular complexity index is 2740. The maximum absolute atomic E-state index is 2.53. The van der Waals surface area contributed by atoms with Crippen LogP contribution in [-0.4, -0.2) is 4.57 Å². The highest BCUT2D eigenvalue weighted by molar-refractivity contribution is 6.12. The third-order valence-corrected chi connectivity index (χ3v) is 11.0. The molecule has 222 valence electrons. The van der Waals surface area contributed by atoms with Crippen molar-refractivity contribution in [1.29, 1.82) is 0 Å². The summed E-state index contributed by atoms with van der Waals surface area (Å²) in [5.74, 6) is 0. The number of benzene rings is 8. The Hall–Kier alpha value is -6.18. The summed E-state index contributed by atoms with van der Waals surface area (Å²) in [7, 11) is 0. The minimum atomic E-state index is -0.414. The van der Waals surface area contributed by atoms with Gasteiger partial charge in [-0.3, -0.25) is 0 Å². The molecule has 0 atom stereocenters. The lowest BCUT2D eigenvalue weighted by Crippen LogP contribution is -2.25. The number of hydrogen-bond acceptors (Lipinski definition) is 0. The molecule has 0 aliphatic heterocycles. The van der Waals surface area contributed by atoms with Gasteiger partial charge in [-0.2, -0.15) is 0 Å². The van der Waals surface area contributed by atoms with Gasteiger partial charge >= 0.3 is 0 Å². The van der Waals surface area contributed by atoms with Crippen LogP contribution in [0.1, 0.15) is 22.3 Å². The van der Waals surface area contributed by atoms with Crippen molar-refractivity contribution in [2.75, 3.05) is 0 Å². The van der Waals surface area contributed by atoms with E-state index in [0.717, 1.165) is 0 Å². The Balaban J connectivity index is 1.29. The fourth-order valence-corrected chi connectivity index (χ4v) is 9.00. The van der Waals surface area contributed by atoms with Crippen LogP contribution in [0.3, 0.4) is 0 Å². The number of fused-ring (bicyclic) bond motifs is 14. The minimum absolute atomic E-state index is 0.414. The monoisotopic (exact) mass is 607 g/mol. The van der Waals surface area contributed by atoms with Crippen molar-refractivity contribution >= 4 is 32.6 Å². The minimum Gasteiger partial charge on any atom is -0.309 e. The second-order valence-electron chi connectivity index (χ2n) is 13.3. The molecule has 0 unspecified atom stereocenters. The topological polar surface area (TPSA) is 4.93 Å². The third-order valence-electron chi connectivity index (χ3n) is 11.0. The Morgan fingerprint density at radius 1 is 0.333 bits per heavy atom. The van der Waals surface area contributed by atoms with Gasteiger partial charge in [-0.1, -0.05) is 140 Å². The van der Waals surface area contributed by atoms with Crippen LogP contribution in [0.25, 0.3) is 71.6 Å². The average molecular weight is 608 g/mol. The fourth-order valence-electron chi connectivity index (χ4n) is 9.00. The molecule has 1 heteroatoms. The molecule has 1 aromatic heterocycles. The van der Waals surface area contributed by atoms with Gasteiger partial charge in [-0.25, -0.2) is 0 Å². The Morgan fingerprint density at radius 2 is 0.979 bits per heavy atom. The fraction of sp³-hybridized carbons (Fsp3) is 0.0213. The first kappa shape index (κ1) is 25.9. The molecule has 1 heterocycles. The summed E-state index contributed by atoms with van der Waals surface area (Å²) in [6, 6.07) is 65.6. The van der Waals surface area contributed by atoms with Crippen molar-refractivity contribution in [3.8, 4) is 39.1 Å². The van der Waals surface area contributed by atoms with E-state index in [1.165, 1.54) is 93.9 Å². The summed E-state index contributed by atoms with van der Waals surface area (Å²) in [4.78, 5) is 0. The van der Waals surface area contributed by atoms with E-state index in [2.05, 4.69) is 180 Å². The van der Waals surface area contributed by atoms with Crippen LogP contribution in [0.2, 0.25) is 0 Å². The van der Waals surface area contributed by atoms with Gasteiger partial charge in [-0.05, 0) is 103 Å². The van der Waals surface area contributed by atoms with Crippen molar-refractivity contribution in [3.05, 3.63) is 198 Å². The lowest BCUT2D eigenvalue weighted by Gasteiger charge is -2.31. The van der Waals surface area contributed by atoms with E-state index in [4.69, 9.17) is 0 Å². The molecular weight excluding hydrogens is 579 g/mol. The first-order valence-corrected chi connectivity index (χ1v) is 16.8. The summed E-state index contributed by atoms with van der Waals surface area (Å²) in [6.07, 6.45) is 0. The highest BCUT2D eigenvalue weighted by Gasteiger charge is 2.52. The number of hydrogen-bond donors (Lipinski definition) is 0. The van der Waals surface area contributed by atoms with Crippen LogP contribution < -0.4 is 0 Å². The highest BCUT2D eigenvalue weighted by atomic mass is 15.0. The van der Waals surface area contributed by atoms with Crippen LogP contribution in [-0.2, 0) is 5.41 Å². The van der Waals surface area contributed by atoms with Crippen molar-refractivity contribution in [2.45, 2.75) is 5.41 Å². The predicted octanol–water partition coefficient (Wildman–Crippen LogP) is 11.9.